The van der Waals surface area contributed by atoms with Crippen LogP contribution in [-0.2, 0) is 19.0 Å². The zero-order valence-electron chi connectivity index (χ0n) is 23.7. The van der Waals surface area contributed by atoms with E-state index in [0.29, 0.717) is 57.1 Å². The van der Waals surface area contributed by atoms with E-state index in [2.05, 4.69) is 31.9 Å². The van der Waals surface area contributed by atoms with Crippen LogP contribution >= 0.6 is 0 Å². The summed E-state index contributed by atoms with van der Waals surface area (Å²) in [4.78, 5) is 34.1. The average molecular weight is 566 g/mol. The second-order valence-electron chi connectivity index (χ2n) is 10.3. The standard InChI is InChI=1S/C29H39N7O5/c1-21(40-20-27(37)36-12-16-39-17-13-36)19-32-29(30-2)33-22-5-7-23(8-6-22)41-28-24-4-3-9-31-25(24)18-26(34-28)35-10-14-38-15-11-35/h3-4,9,18-19,22-23H,2,5-8,10-17,20H2,1H3,(H,32,33)/b21-19+/t22-,23+. The molecule has 2 aliphatic heterocycles. The number of hydrogen-bond acceptors (Lipinski definition) is 9. The largest absolute Gasteiger partial charge is 0.487 e. The molecule has 12 heteroatoms. The Bertz CT molecular complexity index is 1250. The number of aromatic nitrogens is 2. The molecule has 41 heavy (non-hydrogen) atoms. The highest BCUT2D eigenvalue weighted by Gasteiger charge is 2.25. The molecule has 0 bridgehead atoms. The molecule has 2 aromatic rings. The van der Waals surface area contributed by atoms with Crippen molar-refractivity contribution in [3.63, 3.8) is 0 Å². The summed E-state index contributed by atoms with van der Waals surface area (Å²) < 4.78 is 22.9. The molecule has 4 heterocycles. The summed E-state index contributed by atoms with van der Waals surface area (Å²) in [5.74, 6) is 2.40. The van der Waals surface area contributed by atoms with Crippen LogP contribution in [0.5, 0.6) is 5.88 Å². The number of nitrogens with one attached hydrogen (secondary N) is 1. The van der Waals surface area contributed by atoms with Crippen LogP contribution in [0.4, 0.5) is 5.82 Å². The van der Waals surface area contributed by atoms with Gasteiger partial charge in [0.05, 0.1) is 43.5 Å². The molecule has 2 aromatic heterocycles. The molecule has 0 unspecified atom stereocenters. The molecule has 1 aliphatic carbocycles. The summed E-state index contributed by atoms with van der Waals surface area (Å²) in [5.41, 5.74) is 0.880. The lowest BCUT2D eigenvalue weighted by Crippen LogP contribution is -2.42. The highest BCUT2D eigenvalue weighted by molar-refractivity contribution is 5.86. The van der Waals surface area contributed by atoms with E-state index in [-0.39, 0.29) is 24.7 Å². The summed E-state index contributed by atoms with van der Waals surface area (Å²) >= 11 is 0. The van der Waals surface area contributed by atoms with Crippen molar-refractivity contribution in [3.05, 3.63) is 36.4 Å². The van der Waals surface area contributed by atoms with Gasteiger partial charge in [0.25, 0.3) is 5.91 Å². The molecule has 2 saturated heterocycles. The number of fused-ring (bicyclic) bond motifs is 1. The van der Waals surface area contributed by atoms with Crippen LogP contribution < -0.4 is 15.0 Å². The van der Waals surface area contributed by atoms with Crippen molar-refractivity contribution in [3.8, 4) is 5.88 Å². The minimum Gasteiger partial charge on any atom is -0.487 e. The van der Waals surface area contributed by atoms with Crippen LogP contribution in [0.1, 0.15) is 32.6 Å². The summed E-state index contributed by atoms with van der Waals surface area (Å²) in [7, 11) is 0. The number of carbonyl (C=O) groups excluding carboxylic acids is 1. The number of aliphatic imine (C=N–C) groups is 2. The van der Waals surface area contributed by atoms with Crippen LogP contribution in [0.25, 0.3) is 10.9 Å². The van der Waals surface area contributed by atoms with E-state index in [1.165, 1.54) is 0 Å². The summed E-state index contributed by atoms with van der Waals surface area (Å²) in [5, 5.41) is 4.30. The molecule has 12 nitrogen and oxygen atoms in total. The lowest BCUT2D eigenvalue weighted by Gasteiger charge is -2.31. The molecule has 3 fully saturated rings. The molecule has 0 radical (unpaired) electrons. The van der Waals surface area contributed by atoms with Gasteiger partial charge in [-0.05, 0) is 51.5 Å². The second-order valence-corrected chi connectivity index (χ2v) is 10.3. The first-order chi connectivity index (χ1) is 20.1. The Hall–Kier alpha value is -3.77. The van der Waals surface area contributed by atoms with Crippen LogP contribution in [0.15, 0.2) is 46.3 Å². The minimum atomic E-state index is -0.0588. The molecule has 5 rings (SSSR count). The van der Waals surface area contributed by atoms with Crippen LogP contribution in [0.2, 0.25) is 0 Å². The number of rotatable bonds is 8. The van der Waals surface area contributed by atoms with Gasteiger partial charge in [-0.2, -0.15) is 4.98 Å². The Morgan fingerprint density at radius 2 is 1.88 bits per heavy atom. The topological polar surface area (TPSA) is 123 Å². The van der Waals surface area contributed by atoms with Crippen molar-refractivity contribution in [2.24, 2.45) is 9.98 Å². The fourth-order valence-corrected chi connectivity index (χ4v) is 5.13. The van der Waals surface area contributed by atoms with Crippen LogP contribution in [0.3, 0.4) is 0 Å². The maximum absolute atomic E-state index is 12.3. The molecule has 1 N–H and O–H groups in total. The third-order valence-electron chi connectivity index (χ3n) is 7.48. The molecule has 1 saturated carbocycles. The molecular weight excluding hydrogens is 526 g/mol. The number of anilines is 1. The van der Waals surface area contributed by atoms with Crippen molar-refractivity contribution in [2.45, 2.75) is 44.8 Å². The van der Waals surface area contributed by atoms with Gasteiger partial charge in [-0.25, -0.2) is 9.98 Å². The number of carbonyl (C=O) groups is 1. The first-order valence-corrected chi connectivity index (χ1v) is 14.3. The number of allylic oxidation sites excluding steroid dienone is 1. The van der Waals surface area contributed by atoms with Gasteiger partial charge >= 0.3 is 0 Å². The lowest BCUT2D eigenvalue weighted by atomic mass is 9.93. The Morgan fingerprint density at radius 3 is 2.61 bits per heavy atom. The number of amides is 1. The van der Waals surface area contributed by atoms with E-state index >= 15 is 0 Å². The SMILES string of the molecule is C=N/C(=N\C=C(/C)OCC(=O)N1CCOCC1)N[C@H]1CC[C@@H](Oc2nc(N3CCOCC3)cc3ncccc23)CC1. The van der Waals surface area contributed by atoms with E-state index in [1.807, 2.05) is 18.2 Å². The predicted molar refractivity (Wildman–Crippen MR) is 156 cm³/mol. The molecule has 0 spiro atoms. The van der Waals surface area contributed by atoms with E-state index in [0.717, 1.165) is 55.5 Å². The van der Waals surface area contributed by atoms with Crippen molar-refractivity contribution in [1.29, 1.82) is 0 Å². The minimum absolute atomic E-state index is 0.0261. The van der Waals surface area contributed by atoms with Gasteiger partial charge in [0.15, 0.2) is 6.61 Å². The van der Waals surface area contributed by atoms with Crippen molar-refractivity contribution >= 4 is 35.3 Å². The Balaban J connectivity index is 1.13. The monoisotopic (exact) mass is 565 g/mol. The van der Waals surface area contributed by atoms with E-state index in [1.54, 1.807) is 24.2 Å². The first-order valence-electron chi connectivity index (χ1n) is 14.3. The van der Waals surface area contributed by atoms with Crippen molar-refractivity contribution in [1.82, 2.24) is 20.2 Å². The van der Waals surface area contributed by atoms with Crippen molar-refractivity contribution in [2.75, 3.05) is 64.1 Å². The number of hydrogen-bond donors (Lipinski definition) is 1. The van der Waals surface area contributed by atoms with Gasteiger partial charge in [-0.3, -0.25) is 9.78 Å². The van der Waals surface area contributed by atoms with Gasteiger partial charge < -0.3 is 34.1 Å². The third kappa shape index (κ3) is 7.92. The molecule has 3 aliphatic rings. The molecular formula is C29H39N7O5. The molecule has 220 valence electrons. The lowest BCUT2D eigenvalue weighted by molar-refractivity contribution is -0.138. The van der Waals surface area contributed by atoms with Crippen molar-refractivity contribution < 1.29 is 23.7 Å². The van der Waals surface area contributed by atoms with Crippen LogP contribution in [-0.4, -0.2) is 105 Å². The maximum Gasteiger partial charge on any atom is 0.260 e. The molecule has 1 amide bonds. The summed E-state index contributed by atoms with van der Waals surface area (Å²) in [6.07, 6.45) is 6.94. The third-order valence-corrected chi connectivity index (χ3v) is 7.48. The zero-order chi connectivity index (χ0) is 28.4. The van der Waals surface area contributed by atoms with Gasteiger partial charge in [0, 0.05) is 44.5 Å². The number of pyridine rings is 2. The maximum atomic E-state index is 12.3. The quantitative estimate of drug-likeness (QED) is 0.292. The number of morpholine rings is 2. The normalized spacial score (nSPS) is 22.4. The smallest absolute Gasteiger partial charge is 0.260 e. The van der Waals surface area contributed by atoms with Crippen LogP contribution in [0, 0.1) is 0 Å². The Morgan fingerprint density at radius 1 is 1.15 bits per heavy atom. The fourth-order valence-electron chi connectivity index (χ4n) is 5.13. The average Bonchev–Trinajstić information content (AvgIpc) is 3.03. The Kier molecular flexibility index (Phi) is 9.97. The Labute approximate surface area is 240 Å². The highest BCUT2D eigenvalue weighted by atomic mass is 16.5. The fraction of sp³-hybridized carbons (Fsp3) is 0.552. The molecule has 0 aromatic carbocycles. The van der Waals surface area contributed by atoms with Gasteiger partial charge in [0.1, 0.15) is 17.7 Å². The number of ether oxygens (including phenoxy) is 4. The van der Waals surface area contributed by atoms with Gasteiger partial charge in [0.2, 0.25) is 11.8 Å². The van der Waals surface area contributed by atoms with E-state index < -0.39 is 0 Å². The summed E-state index contributed by atoms with van der Waals surface area (Å²) in [6.45, 7) is 10.7. The summed E-state index contributed by atoms with van der Waals surface area (Å²) in [6, 6.07) is 6.15. The number of guanidine groups is 1. The van der Waals surface area contributed by atoms with Gasteiger partial charge in [-0.1, -0.05) is 0 Å². The van der Waals surface area contributed by atoms with E-state index in [4.69, 9.17) is 23.9 Å². The zero-order valence-corrected chi connectivity index (χ0v) is 23.7. The first kappa shape index (κ1) is 28.7. The molecule has 0 atom stereocenters. The predicted octanol–water partition coefficient (Wildman–Crippen LogP) is 2.54. The van der Waals surface area contributed by atoms with E-state index in [9.17, 15) is 4.79 Å². The number of nitrogens with zero attached hydrogens (tertiary/aromatic N) is 6. The highest BCUT2D eigenvalue weighted by Crippen LogP contribution is 2.31. The van der Waals surface area contributed by atoms with Gasteiger partial charge in [-0.15, -0.1) is 0 Å². The second kappa shape index (κ2) is 14.2.